The van der Waals surface area contributed by atoms with Crippen molar-refractivity contribution in [2.75, 3.05) is 13.1 Å². The average molecular weight is 443 g/mol. The van der Waals surface area contributed by atoms with Gasteiger partial charge in [-0.05, 0) is 55.3 Å². The lowest BCUT2D eigenvalue weighted by Gasteiger charge is -2.18. The number of aromatic hydroxyl groups is 2. The second kappa shape index (κ2) is 10.7. The smallest absolute Gasteiger partial charge is 0.255 e. The van der Waals surface area contributed by atoms with E-state index in [0.29, 0.717) is 13.1 Å². The molecule has 0 fully saturated rings. The Balaban J connectivity index is 1.49. The molecule has 0 aliphatic heterocycles. The molecule has 4 N–H and O–H groups in total. The van der Waals surface area contributed by atoms with Crippen molar-refractivity contribution in [1.29, 1.82) is 0 Å². The van der Waals surface area contributed by atoms with Crippen molar-refractivity contribution in [3.8, 4) is 23.3 Å². The highest BCUT2D eigenvalue weighted by Gasteiger charge is 2.18. The number of fused-ring (bicyclic) bond motifs is 1. The van der Waals surface area contributed by atoms with Crippen LogP contribution < -0.4 is 10.6 Å². The number of rotatable bonds is 7. The summed E-state index contributed by atoms with van der Waals surface area (Å²) in [5, 5.41) is 27.9. The van der Waals surface area contributed by atoms with Gasteiger partial charge >= 0.3 is 0 Å². The molecule has 0 aliphatic rings. The van der Waals surface area contributed by atoms with E-state index in [1.165, 1.54) is 28.5 Å². The minimum absolute atomic E-state index is 0.0944. The highest BCUT2D eigenvalue weighted by atomic mass is 16.3. The molecule has 1 atom stereocenters. The summed E-state index contributed by atoms with van der Waals surface area (Å²) in [6.07, 6.45) is 3.80. The normalized spacial score (nSPS) is 12.3. The van der Waals surface area contributed by atoms with Gasteiger partial charge in [0, 0.05) is 30.6 Å². The first-order valence-electron chi connectivity index (χ1n) is 11.0. The Labute approximate surface area is 195 Å². The predicted molar refractivity (Wildman–Crippen MR) is 133 cm³/mol. The van der Waals surface area contributed by atoms with E-state index < -0.39 is 11.3 Å². The van der Waals surface area contributed by atoms with Crippen LogP contribution in [0.25, 0.3) is 10.8 Å². The first-order chi connectivity index (χ1) is 15.8. The van der Waals surface area contributed by atoms with E-state index in [1.807, 2.05) is 26.0 Å². The number of hydrogen-bond donors (Lipinski definition) is 4. The maximum atomic E-state index is 12.3. The second-order valence-corrected chi connectivity index (χ2v) is 8.64. The van der Waals surface area contributed by atoms with Crippen molar-refractivity contribution >= 4 is 16.7 Å². The van der Waals surface area contributed by atoms with E-state index in [4.69, 9.17) is 0 Å². The minimum Gasteiger partial charge on any atom is -0.508 e. The van der Waals surface area contributed by atoms with Crippen molar-refractivity contribution in [3.63, 3.8) is 0 Å². The molecule has 0 radical (unpaired) electrons. The molecule has 170 valence electrons. The number of benzene rings is 3. The number of carbonyl (C=O) groups excluding carboxylic acids is 1. The zero-order valence-corrected chi connectivity index (χ0v) is 19.2. The molecule has 0 saturated heterocycles. The molecule has 33 heavy (non-hydrogen) atoms. The molecule has 3 aromatic carbocycles. The molecule has 3 aromatic rings. The van der Waals surface area contributed by atoms with Crippen LogP contribution in [0.5, 0.6) is 11.5 Å². The lowest BCUT2D eigenvalue weighted by Crippen LogP contribution is -2.33. The maximum absolute atomic E-state index is 12.3. The van der Waals surface area contributed by atoms with Crippen LogP contribution in [0.3, 0.4) is 0 Å². The Morgan fingerprint density at radius 1 is 1.09 bits per heavy atom. The minimum atomic E-state index is -0.448. The Morgan fingerprint density at radius 2 is 1.85 bits per heavy atom. The number of phenolic OH excluding ortho intramolecular Hbond substituents is 2. The summed E-state index contributed by atoms with van der Waals surface area (Å²) >= 11 is 0. The third kappa shape index (κ3) is 6.61. The van der Waals surface area contributed by atoms with Crippen LogP contribution >= 0.6 is 0 Å². The Hall–Kier alpha value is -3.75. The molecule has 5 nitrogen and oxygen atoms in total. The van der Waals surface area contributed by atoms with Crippen LogP contribution in [0, 0.1) is 17.3 Å². The lowest BCUT2D eigenvalue weighted by molar-refractivity contribution is 0.0941. The van der Waals surface area contributed by atoms with Crippen LogP contribution in [-0.2, 0) is 0 Å². The molecule has 0 heterocycles. The van der Waals surface area contributed by atoms with Crippen LogP contribution in [-0.4, -0.2) is 29.2 Å². The molecular formula is C28H30N2O3. The Morgan fingerprint density at radius 3 is 2.64 bits per heavy atom. The van der Waals surface area contributed by atoms with Crippen molar-refractivity contribution in [3.05, 3.63) is 83.9 Å². The topological polar surface area (TPSA) is 81.6 Å². The molecule has 1 unspecified atom stereocenters. The van der Waals surface area contributed by atoms with E-state index in [2.05, 4.69) is 71.9 Å². The monoisotopic (exact) mass is 442 g/mol. The van der Waals surface area contributed by atoms with Crippen molar-refractivity contribution in [2.24, 2.45) is 5.41 Å². The van der Waals surface area contributed by atoms with Crippen molar-refractivity contribution in [2.45, 2.75) is 26.8 Å². The average Bonchev–Trinajstić information content (AvgIpc) is 2.79. The van der Waals surface area contributed by atoms with Crippen molar-refractivity contribution in [1.82, 2.24) is 10.6 Å². The summed E-state index contributed by atoms with van der Waals surface area (Å²) in [5.74, 6) is 5.43. The standard InChI is InChI=1S/C28H30N2O3/c1-20(23-13-9-11-21-10-5-6-12-24(21)23)29-17-8-4-7-16-28(2,3)19-30-27(33)25-15-14-22(31)18-26(25)32/h4-6,8-15,18,20,29,31-32H,17,19H2,1-3H3,(H,30,33). The molecule has 0 saturated carbocycles. The SMILES string of the molecule is CC(NCC=CC#CC(C)(C)CNC(=O)c1ccc(O)cc1O)c1cccc2ccccc12. The van der Waals surface area contributed by atoms with Gasteiger partial charge in [0.05, 0.1) is 5.56 Å². The molecule has 1 amide bonds. The zero-order valence-electron chi connectivity index (χ0n) is 19.2. The van der Waals surface area contributed by atoms with E-state index in [0.717, 1.165) is 6.07 Å². The Bertz CT molecular complexity index is 1210. The van der Waals surface area contributed by atoms with Crippen LogP contribution in [0.1, 0.15) is 42.7 Å². The van der Waals surface area contributed by atoms with Gasteiger partial charge < -0.3 is 20.8 Å². The van der Waals surface area contributed by atoms with Crippen molar-refractivity contribution < 1.29 is 15.0 Å². The number of allylic oxidation sites excluding steroid dienone is 1. The van der Waals surface area contributed by atoms with Crippen LogP contribution in [0.15, 0.2) is 72.8 Å². The lowest BCUT2D eigenvalue weighted by atomic mass is 9.94. The number of hydrogen-bond acceptors (Lipinski definition) is 4. The molecule has 3 rings (SSSR count). The van der Waals surface area contributed by atoms with Gasteiger partial charge in [0.2, 0.25) is 0 Å². The second-order valence-electron chi connectivity index (χ2n) is 8.64. The van der Waals surface area contributed by atoms with E-state index in [1.54, 1.807) is 0 Å². The fourth-order valence-corrected chi connectivity index (χ4v) is 3.49. The van der Waals surface area contributed by atoms with Gasteiger partial charge in [0.15, 0.2) is 0 Å². The summed E-state index contributed by atoms with van der Waals surface area (Å²) in [7, 11) is 0. The van der Waals surface area contributed by atoms with E-state index >= 15 is 0 Å². The molecule has 0 bridgehead atoms. The summed E-state index contributed by atoms with van der Waals surface area (Å²) in [6, 6.07) is 18.8. The highest BCUT2D eigenvalue weighted by Crippen LogP contribution is 2.24. The summed E-state index contributed by atoms with van der Waals surface area (Å²) in [5.41, 5.74) is 0.933. The third-order valence-electron chi connectivity index (χ3n) is 5.36. The fraction of sp³-hybridized carbons (Fsp3) is 0.250. The van der Waals surface area contributed by atoms with E-state index in [9.17, 15) is 15.0 Å². The van der Waals surface area contributed by atoms with Crippen LogP contribution in [0.2, 0.25) is 0 Å². The van der Waals surface area contributed by atoms with Gasteiger partial charge in [-0.25, -0.2) is 0 Å². The van der Waals surface area contributed by atoms with Gasteiger partial charge in [0.25, 0.3) is 5.91 Å². The number of nitrogens with one attached hydrogen (secondary N) is 2. The predicted octanol–water partition coefficient (Wildman–Crippen LogP) is 4.92. The first kappa shape index (κ1) is 23.9. The van der Waals surface area contributed by atoms with E-state index in [-0.39, 0.29) is 23.1 Å². The zero-order chi connectivity index (χ0) is 23.8. The van der Waals surface area contributed by atoms with Gasteiger partial charge in [0.1, 0.15) is 11.5 Å². The fourth-order valence-electron chi connectivity index (χ4n) is 3.49. The number of amides is 1. The third-order valence-corrected chi connectivity index (χ3v) is 5.36. The highest BCUT2D eigenvalue weighted by molar-refractivity contribution is 5.97. The van der Waals surface area contributed by atoms with Gasteiger partial charge in [-0.3, -0.25) is 4.79 Å². The number of carbonyl (C=O) groups is 1. The number of phenols is 2. The molecule has 0 aliphatic carbocycles. The molecule has 0 spiro atoms. The Kier molecular flexibility index (Phi) is 7.76. The van der Waals surface area contributed by atoms with Gasteiger partial charge in [-0.15, -0.1) is 0 Å². The largest absolute Gasteiger partial charge is 0.508 e. The molecule has 0 aromatic heterocycles. The van der Waals surface area contributed by atoms with Gasteiger partial charge in [-0.1, -0.05) is 60.4 Å². The molecule has 5 heteroatoms. The summed E-state index contributed by atoms with van der Waals surface area (Å²) in [6.45, 7) is 7.04. The quantitative estimate of drug-likeness (QED) is 0.392. The van der Waals surface area contributed by atoms with Gasteiger partial charge in [-0.2, -0.15) is 0 Å². The molecular weight excluding hydrogens is 412 g/mol. The van der Waals surface area contributed by atoms with Crippen LogP contribution in [0.4, 0.5) is 0 Å². The summed E-state index contributed by atoms with van der Waals surface area (Å²) < 4.78 is 0. The first-order valence-corrected chi connectivity index (χ1v) is 11.0. The maximum Gasteiger partial charge on any atom is 0.255 e. The summed E-state index contributed by atoms with van der Waals surface area (Å²) in [4.78, 5) is 12.3.